The Morgan fingerprint density at radius 1 is 0.867 bits per heavy atom. The zero-order valence-corrected chi connectivity index (χ0v) is 17.1. The van der Waals surface area contributed by atoms with Crippen LogP contribution in [-0.4, -0.2) is 4.40 Å². The molecule has 5 rings (SSSR count). The summed E-state index contributed by atoms with van der Waals surface area (Å²) in [5.41, 5.74) is 6.25. The molecule has 0 amide bonds. The van der Waals surface area contributed by atoms with Gasteiger partial charge in [-0.2, -0.15) is 0 Å². The highest BCUT2D eigenvalue weighted by atomic mass is 16.1. The van der Waals surface area contributed by atoms with Crippen molar-refractivity contribution >= 4 is 21.9 Å². The molecule has 30 heavy (non-hydrogen) atoms. The molecule has 2 aromatic carbocycles. The van der Waals surface area contributed by atoms with Crippen LogP contribution >= 0.6 is 0 Å². The molecule has 0 aliphatic heterocycles. The molecular weight excluding hydrogens is 366 g/mol. The Morgan fingerprint density at radius 3 is 2.53 bits per heavy atom. The van der Waals surface area contributed by atoms with Gasteiger partial charge in [-0.15, -0.1) is 0 Å². The first-order valence-corrected chi connectivity index (χ1v) is 10.6. The van der Waals surface area contributed by atoms with Gasteiger partial charge in [-0.3, -0.25) is 9.20 Å². The molecule has 2 aromatic heterocycles. The predicted octanol–water partition coefficient (Wildman–Crippen LogP) is 6.12. The van der Waals surface area contributed by atoms with E-state index in [4.69, 9.17) is 0 Å². The number of aryl methyl sites for hydroxylation is 1. The van der Waals surface area contributed by atoms with Crippen molar-refractivity contribution < 1.29 is 0 Å². The van der Waals surface area contributed by atoms with Crippen molar-refractivity contribution in [2.45, 2.75) is 32.6 Å². The third kappa shape index (κ3) is 3.23. The lowest BCUT2D eigenvalue weighted by Gasteiger charge is -2.20. The van der Waals surface area contributed by atoms with Crippen LogP contribution in [0.4, 0.5) is 0 Å². The molecule has 0 saturated heterocycles. The van der Waals surface area contributed by atoms with Gasteiger partial charge in [0.25, 0.3) is 5.56 Å². The standard InChI is InChI=1S/C28H23NO/c1-20-15-17-23-24(18-16-21-9-4-2-5-10-21)28(22-11-6-3-7-12-22)29-26(25(23)19-20)13-8-14-27(29)30/h2,4-5,8-11,13-15,17,19H,3,6-7,12H2,1H3. The molecule has 146 valence electrons. The molecule has 0 fully saturated rings. The molecule has 0 unspecified atom stereocenters. The summed E-state index contributed by atoms with van der Waals surface area (Å²) in [6, 6.07) is 22.0. The molecule has 1 aliphatic rings. The predicted molar refractivity (Wildman–Crippen MR) is 125 cm³/mol. The molecule has 2 heterocycles. The van der Waals surface area contributed by atoms with Gasteiger partial charge < -0.3 is 0 Å². The van der Waals surface area contributed by atoms with Crippen molar-refractivity contribution in [3.05, 3.63) is 106 Å². The Hall–Kier alpha value is -3.57. The van der Waals surface area contributed by atoms with Crippen molar-refractivity contribution in [2.75, 3.05) is 0 Å². The van der Waals surface area contributed by atoms with Gasteiger partial charge in [-0.1, -0.05) is 59.9 Å². The van der Waals surface area contributed by atoms with E-state index in [1.165, 1.54) is 17.6 Å². The average Bonchev–Trinajstić information content (AvgIpc) is 2.79. The van der Waals surface area contributed by atoms with E-state index in [9.17, 15) is 4.79 Å². The van der Waals surface area contributed by atoms with Crippen LogP contribution in [0.2, 0.25) is 0 Å². The molecule has 0 bridgehead atoms. The number of rotatable bonds is 1. The van der Waals surface area contributed by atoms with Crippen molar-refractivity contribution in [3.8, 4) is 11.8 Å². The van der Waals surface area contributed by atoms with Crippen molar-refractivity contribution in [1.82, 2.24) is 4.40 Å². The normalized spacial score (nSPS) is 13.7. The first kappa shape index (κ1) is 18.5. The molecule has 0 radical (unpaired) electrons. The van der Waals surface area contributed by atoms with Gasteiger partial charge in [-0.25, -0.2) is 0 Å². The van der Waals surface area contributed by atoms with E-state index in [1.54, 1.807) is 6.07 Å². The highest BCUT2D eigenvalue weighted by Crippen LogP contribution is 2.34. The number of fused-ring (bicyclic) bond motifs is 3. The van der Waals surface area contributed by atoms with Crippen LogP contribution in [-0.2, 0) is 0 Å². The smallest absolute Gasteiger partial charge is 0.255 e. The average molecular weight is 389 g/mol. The lowest BCUT2D eigenvalue weighted by Crippen LogP contribution is -2.18. The summed E-state index contributed by atoms with van der Waals surface area (Å²) in [5, 5.41) is 2.18. The largest absolute Gasteiger partial charge is 0.275 e. The summed E-state index contributed by atoms with van der Waals surface area (Å²) in [7, 11) is 0. The zero-order chi connectivity index (χ0) is 20.5. The van der Waals surface area contributed by atoms with E-state index in [0.717, 1.165) is 52.4 Å². The van der Waals surface area contributed by atoms with E-state index in [1.807, 2.05) is 46.9 Å². The van der Waals surface area contributed by atoms with Crippen LogP contribution in [0.3, 0.4) is 0 Å². The number of hydrogen-bond donors (Lipinski definition) is 0. The number of pyridine rings is 2. The summed E-state index contributed by atoms with van der Waals surface area (Å²) in [4.78, 5) is 13.1. The minimum atomic E-state index is 0.000130. The molecule has 2 nitrogen and oxygen atoms in total. The SMILES string of the molecule is Cc1ccc2c(C#Cc3ccccc3)c(C3=CCCCC3)n3c(=O)cccc3c2c1. The third-order valence-corrected chi connectivity index (χ3v) is 5.84. The van der Waals surface area contributed by atoms with E-state index in [-0.39, 0.29) is 5.56 Å². The molecule has 1 aliphatic carbocycles. The zero-order valence-electron chi connectivity index (χ0n) is 17.1. The van der Waals surface area contributed by atoms with Gasteiger partial charge >= 0.3 is 0 Å². The molecule has 0 atom stereocenters. The monoisotopic (exact) mass is 389 g/mol. The first-order valence-electron chi connectivity index (χ1n) is 10.6. The fraction of sp³-hybridized carbons (Fsp3) is 0.179. The number of aromatic nitrogens is 1. The highest BCUT2D eigenvalue weighted by molar-refractivity contribution is 6.02. The minimum Gasteiger partial charge on any atom is -0.275 e. The second-order valence-electron chi connectivity index (χ2n) is 7.95. The molecule has 4 aromatic rings. The minimum absolute atomic E-state index is 0.000130. The van der Waals surface area contributed by atoms with Gasteiger partial charge in [0.2, 0.25) is 0 Å². The topological polar surface area (TPSA) is 21.5 Å². The van der Waals surface area contributed by atoms with Crippen molar-refractivity contribution in [1.29, 1.82) is 0 Å². The Morgan fingerprint density at radius 2 is 1.73 bits per heavy atom. The van der Waals surface area contributed by atoms with Crippen molar-refractivity contribution in [2.24, 2.45) is 0 Å². The second kappa shape index (κ2) is 7.69. The maximum Gasteiger partial charge on any atom is 0.255 e. The Balaban J connectivity index is 1.94. The highest BCUT2D eigenvalue weighted by Gasteiger charge is 2.19. The quantitative estimate of drug-likeness (QED) is 0.284. The van der Waals surface area contributed by atoms with E-state index < -0.39 is 0 Å². The van der Waals surface area contributed by atoms with Gasteiger partial charge in [0.1, 0.15) is 0 Å². The number of allylic oxidation sites excluding steroid dienone is 2. The Kier molecular flexibility index (Phi) is 4.73. The van der Waals surface area contributed by atoms with Gasteiger partial charge in [0.05, 0.1) is 16.8 Å². The maximum atomic E-state index is 13.1. The Bertz CT molecular complexity index is 1410. The maximum absolute atomic E-state index is 13.1. The molecule has 0 spiro atoms. The van der Waals surface area contributed by atoms with Crippen LogP contribution < -0.4 is 5.56 Å². The van der Waals surface area contributed by atoms with E-state index in [2.05, 4.69) is 43.0 Å². The van der Waals surface area contributed by atoms with Gasteiger partial charge in [0, 0.05) is 22.4 Å². The van der Waals surface area contributed by atoms with Crippen LogP contribution in [0.15, 0.2) is 77.6 Å². The summed E-state index contributed by atoms with van der Waals surface area (Å²) in [6.45, 7) is 2.09. The van der Waals surface area contributed by atoms with Gasteiger partial charge in [-0.05, 0) is 62.4 Å². The lowest BCUT2D eigenvalue weighted by molar-refractivity contribution is 0.738. The summed E-state index contributed by atoms with van der Waals surface area (Å²) < 4.78 is 1.88. The summed E-state index contributed by atoms with van der Waals surface area (Å²) in [5.74, 6) is 6.80. The fourth-order valence-electron chi connectivity index (χ4n) is 4.40. The second-order valence-corrected chi connectivity index (χ2v) is 7.95. The van der Waals surface area contributed by atoms with E-state index >= 15 is 0 Å². The molecule has 0 saturated carbocycles. The molecular formula is C28H23NO. The number of hydrogen-bond acceptors (Lipinski definition) is 1. The van der Waals surface area contributed by atoms with Crippen molar-refractivity contribution in [3.63, 3.8) is 0 Å². The third-order valence-electron chi connectivity index (χ3n) is 5.84. The van der Waals surface area contributed by atoms with Crippen LogP contribution in [0.5, 0.6) is 0 Å². The number of nitrogens with zero attached hydrogens (tertiary/aromatic N) is 1. The molecule has 0 N–H and O–H groups in total. The summed E-state index contributed by atoms with van der Waals surface area (Å²) >= 11 is 0. The fourth-order valence-corrected chi connectivity index (χ4v) is 4.40. The van der Waals surface area contributed by atoms with E-state index in [0.29, 0.717) is 0 Å². The number of benzene rings is 2. The van der Waals surface area contributed by atoms with Gasteiger partial charge in [0.15, 0.2) is 0 Å². The summed E-state index contributed by atoms with van der Waals surface area (Å²) in [6.07, 6.45) is 6.68. The van der Waals surface area contributed by atoms with Crippen LogP contribution in [0.25, 0.3) is 21.9 Å². The van der Waals surface area contributed by atoms with Crippen LogP contribution in [0.1, 0.15) is 48.1 Å². The lowest BCUT2D eigenvalue weighted by atomic mass is 9.91. The molecule has 2 heteroatoms. The first-order chi connectivity index (χ1) is 14.7. The Labute approximate surface area is 176 Å². The van der Waals surface area contributed by atoms with Crippen LogP contribution in [0, 0.1) is 18.8 Å².